The quantitative estimate of drug-likeness (QED) is 0.493. The van der Waals surface area contributed by atoms with Crippen LogP contribution in [0.15, 0.2) is 24.3 Å². The zero-order chi connectivity index (χ0) is 5.98. The summed E-state index contributed by atoms with van der Waals surface area (Å²) in [6.07, 6.45) is 0. The van der Waals surface area contributed by atoms with E-state index in [4.69, 9.17) is 16.0 Å². The number of rotatable bonds is 0. The first-order valence-corrected chi connectivity index (χ1v) is 3.71. The fourth-order valence-corrected chi connectivity index (χ4v) is 0.933. The van der Waals surface area contributed by atoms with Gasteiger partial charge in [-0.1, -0.05) is 0 Å². The maximum atomic E-state index is 5.01. The number of halogens is 1. The van der Waals surface area contributed by atoms with Crippen molar-refractivity contribution in [3.05, 3.63) is 27.8 Å². The Bertz CT molecular complexity index is 147. The second kappa shape index (κ2) is 2.85. The normalized spacial score (nSPS) is 9.38. The Kier molecular flexibility index (Phi) is 2.35. The van der Waals surface area contributed by atoms with E-state index >= 15 is 0 Å². The van der Waals surface area contributed by atoms with Crippen molar-refractivity contribution in [1.29, 1.82) is 0 Å². The third-order valence-corrected chi connectivity index (χ3v) is 1.81. The van der Waals surface area contributed by atoms with Gasteiger partial charge in [-0.2, -0.15) is 0 Å². The molecule has 0 unspecified atom stereocenters. The Labute approximate surface area is 70.6 Å². The molecule has 0 saturated carbocycles. The Morgan fingerprint density at radius 2 is 1.62 bits per heavy atom. The van der Waals surface area contributed by atoms with Crippen LogP contribution in [0.25, 0.3) is 0 Å². The molecule has 1 rings (SSSR count). The van der Waals surface area contributed by atoms with Gasteiger partial charge in [-0.3, -0.25) is 0 Å². The molecule has 0 radical (unpaired) electrons. The van der Waals surface area contributed by atoms with Crippen LogP contribution >= 0.6 is 22.6 Å². The molecule has 0 nitrogen and oxygen atoms in total. The predicted octanol–water partition coefficient (Wildman–Crippen LogP) is 1.46. The van der Waals surface area contributed by atoms with E-state index in [1.54, 1.807) is 0 Å². The van der Waals surface area contributed by atoms with Crippen LogP contribution in [0.1, 0.15) is 0 Å². The molecule has 8 heavy (non-hydrogen) atoms. The molecule has 0 aliphatic heterocycles. The summed E-state index contributed by atoms with van der Waals surface area (Å²) in [7, 11) is 0. The molecule has 1 aromatic rings. The van der Waals surface area contributed by atoms with E-state index < -0.39 is 0 Å². The van der Waals surface area contributed by atoms with Gasteiger partial charge in [-0.05, 0) is 0 Å². The monoisotopic (exact) mass is 266 g/mol. The SMILES string of the molecule is [Cu][c]1ccc(I)cc1. The first kappa shape index (κ1) is 6.59. The number of hydrogen-bond donors (Lipinski definition) is 0. The third kappa shape index (κ3) is 1.77. The number of hydrogen-bond acceptors (Lipinski definition) is 0. The molecule has 0 heterocycles. The van der Waals surface area contributed by atoms with E-state index in [9.17, 15) is 0 Å². The van der Waals surface area contributed by atoms with E-state index in [0.29, 0.717) is 0 Å². The fourth-order valence-electron chi connectivity index (χ4n) is 0.417. The minimum absolute atomic E-state index is 0.887. The standard InChI is InChI=1S/C6H4I.Cu/c7-6-4-2-1-3-5-6;/h2-5H;. The van der Waals surface area contributed by atoms with Crippen LogP contribution in [0, 0.1) is 3.57 Å². The van der Waals surface area contributed by atoms with E-state index in [1.165, 1.54) is 3.57 Å². The predicted molar refractivity (Wildman–Crippen MR) is 38.8 cm³/mol. The summed E-state index contributed by atoms with van der Waals surface area (Å²) in [5.74, 6) is 0. The molecular weight excluding hydrogens is 263 g/mol. The van der Waals surface area contributed by atoms with Gasteiger partial charge in [0.15, 0.2) is 0 Å². The van der Waals surface area contributed by atoms with Gasteiger partial charge in [0.05, 0.1) is 0 Å². The van der Waals surface area contributed by atoms with Crippen LogP contribution in [0.2, 0.25) is 0 Å². The van der Waals surface area contributed by atoms with Crippen LogP contribution in [-0.4, -0.2) is 0 Å². The van der Waals surface area contributed by atoms with Gasteiger partial charge in [0.1, 0.15) is 0 Å². The fraction of sp³-hybridized carbons (Fsp3) is 0. The summed E-state index contributed by atoms with van der Waals surface area (Å²) in [6.45, 7) is 0. The summed E-state index contributed by atoms with van der Waals surface area (Å²) in [5.41, 5.74) is 0. The van der Waals surface area contributed by atoms with Crippen LogP contribution in [0.5, 0.6) is 0 Å². The second-order valence-corrected chi connectivity index (χ2v) is 3.18. The van der Waals surface area contributed by atoms with Crippen molar-refractivity contribution in [3.8, 4) is 0 Å². The van der Waals surface area contributed by atoms with Crippen LogP contribution in [0.4, 0.5) is 0 Å². The summed E-state index contributed by atoms with van der Waals surface area (Å²) in [5, 5.41) is 0. The van der Waals surface area contributed by atoms with Crippen molar-refractivity contribution in [2.45, 2.75) is 0 Å². The van der Waals surface area contributed by atoms with Gasteiger partial charge in [-0.25, -0.2) is 0 Å². The molecule has 0 atom stereocenters. The van der Waals surface area contributed by atoms with Gasteiger partial charge in [0.25, 0.3) is 0 Å². The molecule has 0 aliphatic rings. The molecule has 1 aromatic carbocycles. The van der Waals surface area contributed by atoms with Crippen molar-refractivity contribution < 1.29 is 16.0 Å². The molecule has 0 aromatic heterocycles. The van der Waals surface area contributed by atoms with Crippen molar-refractivity contribution >= 4 is 27.1 Å². The van der Waals surface area contributed by atoms with Crippen LogP contribution in [-0.2, 0) is 16.0 Å². The Balaban J connectivity index is 3.03. The molecule has 0 fully saturated rings. The van der Waals surface area contributed by atoms with E-state index in [2.05, 4.69) is 22.6 Å². The van der Waals surface area contributed by atoms with Gasteiger partial charge in [0, 0.05) is 0 Å². The second-order valence-electron chi connectivity index (χ2n) is 1.39. The first-order chi connectivity index (χ1) is 3.79. The third-order valence-electron chi connectivity index (χ3n) is 0.778. The summed E-state index contributed by atoms with van der Waals surface area (Å²) in [4.78, 5) is 0. The van der Waals surface area contributed by atoms with Crippen LogP contribution < -0.4 is 4.46 Å². The topological polar surface area (TPSA) is 0 Å². The van der Waals surface area contributed by atoms with Crippen molar-refractivity contribution in [1.82, 2.24) is 0 Å². The van der Waals surface area contributed by atoms with E-state index in [-0.39, 0.29) is 0 Å². The maximum absolute atomic E-state index is 5.01. The van der Waals surface area contributed by atoms with Gasteiger partial charge in [0.2, 0.25) is 0 Å². The molecule has 0 bridgehead atoms. The molecule has 0 saturated heterocycles. The van der Waals surface area contributed by atoms with Crippen molar-refractivity contribution in [3.63, 3.8) is 0 Å². The van der Waals surface area contributed by atoms with Gasteiger partial charge < -0.3 is 0 Å². The molecular formula is C6H4CuI. The molecule has 0 N–H and O–H groups in total. The summed E-state index contributed by atoms with van der Waals surface area (Å²) < 4.78 is 2.12. The Morgan fingerprint density at radius 1 is 1.12 bits per heavy atom. The Morgan fingerprint density at radius 3 is 2.00 bits per heavy atom. The van der Waals surface area contributed by atoms with Crippen molar-refractivity contribution in [2.75, 3.05) is 0 Å². The summed E-state index contributed by atoms with van der Waals surface area (Å²) in [6, 6.07) is 7.83. The molecule has 0 aliphatic carbocycles. The molecule has 0 spiro atoms. The minimum atomic E-state index is 0.887. The van der Waals surface area contributed by atoms with Crippen LogP contribution in [0.3, 0.4) is 0 Å². The van der Waals surface area contributed by atoms with E-state index in [1.807, 2.05) is 24.3 Å². The molecule has 46 valence electrons. The average molecular weight is 267 g/mol. The Hall–Kier alpha value is 0.469. The van der Waals surface area contributed by atoms with E-state index in [0.717, 1.165) is 4.46 Å². The summed E-state index contributed by atoms with van der Waals surface area (Å²) >= 11 is 7.25. The van der Waals surface area contributed by atoms with Gasteiger partial charge in [-0.15, -0.1) is 0 Å². The zero-order valence-corrected chi connectivity index (χ0v) is 7.09. The van der Waals surface area contributed by atoms with Gasteiger partial charge >= 0.3 is 70.9 Å². The zero-order valence-electron chi connectivity index (χ0n) is 3.99. The first-order valence-electron chi connectivity index (χ1n) is 2.16. The number of benzene rings is 1. The molecule has 0 amide bonds. The molecule has 2 heteroatoms. The average Bonchev–Trinajstić information content (AvgIpc) is 1.77. The van der Waals surface area contributed by atoms with Crippen molar-refractivity contribution in [2.24, 2.45) is 0 Å².